The lowest BCUT2D eigenvalue weighted by atomic mass is 10.2. The molecule has 1 atom stereocenters. The van der Waals surface area contributed by atoms with E-state index >= 15 is 0 Å². The molecule has 100 valence electrons. The number of nitrogens with zero attached hydrogens (tertiary/aromatic N) is 1. The van der Waals surface area contributed by atoms with Crippen molar-refractivity contribution in [3.8, 4) is 0 Å². The number of alkyl halides is 3. The Balaban J connectivity index is 2.82. The van der Waals surface area contributed by atoms with E-state index in [-0.39, 0.29) is 5.91 Å². The minimum absolute atomic E-state index is 0.299. The van der Waals surface area contributed by atoms with Crippen LogP contribution in [-0.4, -0.2) is 34.9 Å². The minimum Gasteiger partial charge on any atom is -0.332 e. The molecule has 0 saturated heterocycles. The Morgan fingerprint density at radius 2 is 1.78 bits per heavy atom. The van der Waals surface area contributed by atoms with E-state index < -0.39 is 9.96 Å². The van der Waals surface area contributed by atoms with Gasteiger partial charge in [0.1, 0.15) is 6.17 Å². The van der Waals surface area contributed by atoms with E-state index in [0.29, 0.717) is 5.56 Å². The van der Waals surface area contributed by atoms with Gasteiger partial charge < -0.3 is 5.32 Å². The molecular weight excluding hydrogens is 362 g/mol. The zero-order valence-corrected chi connectivity index (χ0v) is 13.6. The van der Waals surface area contributed by atoms with E-state index in [1.807, 2.05) is 0 Å². The molecule has 18 heavy (non-hydrogen) atoms. The molecule has 1 amide bonds. The number of halogens is 4. The topological polar surface area (TPSA) is 32.3 Å². The number of carbonyl (C=O) groups is 1. The lowest BCUT2D eigenvalue weighted by Gasteiger charge is -2.31. The Labute approximate surface area is 130 Å². The Morgan fingerprint density at radius 3 is 2.17 bits per heavy atom. The third-order valence-electron chi connectivity index (χ3n) is 2.20. The van der Waals surface area contributed by atoms with Crippen molar-refractivity contribution in [2.45, 2.75) is 9.96 Å². The fourth-order valence-corrected chi connectivity index (χ4v) is 2.33. The van der Waals surface area contributed by atoms with Crippen LogP contribution < -0.4 is 5.32 Å². The molecule has 1 aromatic carbocycles. The third-order valence-corrected chi connectivity index (χ3v) is 3.35. The molecule has 0 aliphatic carbocycles. The van der Waals surface area contributed by atoms with Gasteiger partial charge in [-0.3, -0.25) is 9.69 Å². The van der Waals surface area contributed by atoms with Gasteiger partial charge in [0.15, 0.2) is 0 Å². The predicted molar refractivity (Wildman–Crippen MR) is 79.4 cm³/mol. The van der Waals surface area contributed by atoms with Crippen LogP contribution in [0.1, 0.15) is 10.4 Å². The number of nitrogens with one attached hydrogen (secondary N) is 1. The molecule has 0 aliphatic heterocycles. The fraction of sp³-hybridized carbons (Fsp3) is 0.364. The molecule has 1 rings (SSSR count). The molecule has 3 nitrogen and oxygen atoms in total. The van der Waals surface area contributed by atoms with Crippen molar-refractivity contribution in [1.82, 2.24) is 10.2 Å². The molecule has 0 saturated carbocycles. The van der Waals surface area contributed by atoms with E-state index in [1.165, 1.54) is 0 Å². The number of hydrogen-bond donors (Lipinski definition) is 1. The van der Waals surface area contributed by atoms with Crippen molar-refractivity contribution < 1.29 is 4.79 Å². The summed E-state index contributed by atoms with van der Waals surface area (Å²) in [6.45, 7) is 0. The number of hydrogen-bond acceptors (Lipinski definition) is 2. The van der Waals surface area contributed by atoms with Crippen molar-refractivity contribution in [2.75, 3.05) is 14.1 Å². The van der Waals surface area contributed by atoms with Crippen LogP contribution >= 0.6 is 50.7 Å². The molecule has 0 heterocycles. The standard InChI is InChI=1S/C11H12BrCl3N2O/c1-17(2)10(11(13,14)15)16-9(18)7-3-5-8(12)6-4-7/h3-6,10H,1-2H3,(H,16,18). The van der Waals surface area contributed by atoms with Gasteiger partial charge in [-0.05, 0) is 38.4 Å². The summed E-state index contributed by atoms with van der Waals surface area (Å²) in [6, 6.07) is 6.92. The minimum atomic E-state index is -1.60. The molecule has 1 aromatic rings. The van der Waals surface area contributed by atoms with Crippen LogP contribution in [0.25, 0.3) is 0 Å². The Hall–Kier alpha value is -0.000000000000000111. The van der Waals surface area contributed by atoms with E-state index in [9.17, 15) is 4.79 Å². The van der Waals surface area contributed by atoms with Crippen LogP contribution in [0.3, 0.4) is 0 Å². The zero-order valence-electron chi connectivity index (χ0n) is 9.75. The summed E-state index contributed by atoms with van der Waals surface area (Å²) in [4.78, 5) is 13.6. The number of carbonyl (C=O) groups excluding carboxylic acids is 1. The Kier molecular flexibility index (Phi) is 5.74. The van der Waals surface area contributed by atoms with Gasteiger partial charge in [-0.15, -0.1) is 0 Å². The van der Waals surface area contributed by atoms with Gasteiger partial charge >= 0.3 is 0 Å². The average Bonchev–Trinajstić information content (AvgIpc) is 2.24. The van der Waals surface area contributed by atoms with Crippen molar-refractivity contribution in [2.24, 2.45) is 0 Å². The second kappa shape index (κ2) is 6.44. The van der Waals surface area contributed by atoms with E-state index in [4.69, 9.17) is 34.8 Å². The molecule has 0 fully saturated rings. The van der Waals surface area contributed by atoms with Gasteiger partial charge in [0, 0.05) is 10.0 Å². The van der Waals surface area contributed by atoms with Gasteiger partial charge in [-0.1, -0.05) is 50.7 Å². The highest BCUT2D eigenvalue weighted by molar-refractivity contribution is 9.10. The van der Waals surface area contributed by atoms with Crippen LogP contribution in [0.2, 0.25) is 0 Å². The maximum atomic E-state index is 12.0. The number of benzene rings is 1. The van der Waals surface area contributed by atoms with Crippen molar-refractivity contribution in [1.29, 1.82) is 0 Å². The molecule has 0 aliphatic rings. The molecule has 0 radical (unpaired) electrons. The maximum absolute atomic E-state index is 12.0. The largest absolute Gasteiger partial charge is 0.332 e. The smallest absolute Gasteiger partial charge is 0.252 e. The zero-order chi connectivity index (χ0) is 13.9. The number of rotatable bonds is 3. The summed E-state index contributed by atoms with van der Waals surface area (Å²) < 4.78 is -0.710. The summed E-state index contributed by atoms with van der Waals surface area (Å²) >= 11 is 20.8. The second-order valence-electron chi connectivity index (χ2n) is 3.89. The summed E-state index contributed by atoms with van der Waals surface area (Å²) in [7, 11) is 3.43. The average molecular weight is 374 g/mol. The van der Waals surface area contributed by atoms with Gasteiger partial charge in [-0.2, -0.15) is 0 Å². The highest BCUT2D eigenvalue weighted by atomic mass is 79.9. The van der Waals surface area contributed by atoms with Crippen LogP contribution in [0.4, 0.5) is 0 Å². The normalized spacial score (nSPS) is 13.5. The first kappa shape index (κ1) is 16.1. The molecular formula is C11H12BrCl3N2O. The maximum Gasteiger partial charge on any atom is 0.252 e. The molecule has 1 N–H and O–H groups in total. The van der Waals surface area contributed by atoms with E-state index in [1.54, 1.807) is 43.3 Å². The van der Waals surface area contributed by atoms with Gasteiger partial charge in [0.05, 0.1) is 0 Å². The SMILES string of the molecule is CN(C)C(NC(=O)c1ccc(Br)cc1)C(Cl)(Cl)Cl. The number of amides is 1. The lowest BCUT2D eigenvalue weighted by Crippen LogP contribution is -2.52. The molecule has 0 spiro atoms. The second-order valence-corrected chi connectivity index (χ2v) is 7.17. The van der Waals surface area contributed by atoms with Crippen LogP contribution in [0.15, 0.2) is 28.7 Å². The quantitative estimate of drug-likeness (QED) is 0.649. The van der Waals surface area contributed by atoms with E-state index in [2.05, 4.69) is 21.2 Å². The lowest BCUT2D eigenvalue weighted by molar-refractivity contribution is 0.0892. The summed E-state index contributed by atoms with van der Waals surface area (Å²) in [5.41, 5.74) is 0.499. The Bertz CT molecular complexity index is 417. The van der Waals surface area contributed by atoms with Crippen LogP contribution in [-0.2, 0) is 0 Å². The van der Waals surface area contributed by atoms with Crippen LogP contribution in [0, 0.1) is 0 Å². The fourth-order valence-electron chi connectivity index (χ4n) is 1.31. The van der Waals surface area contributed by atoms with Crippen molar-refractivity contribution in [3.05, 3.63) is 34.3 Å². The molecule has 0 bridgehead atoms. The molecule has 0 aromatic heterocycles. The van der Waals surface area contributed by atoms with Crippen molar-refractivity contribution in [3.63, 3.8) is 0 Å². The summed E-state index contributed by atoms with van der Waals surface area (Å²) in [6.07, 6.45) is -0.710. The highest BCUT2D eigenvalue weighted by Gasteiger charge is 2.35. The van der Waals surface area contributed by atoms with Gasteiger partial charge in [0.2, 0.25) is 3.79 Å². The summed E-state index contributed by atoms with van der Waals surface area (Å²) in [5, 5.41) is 2.67. The van der Waals surface area contributed by atoms with Crippen LogP contribution in [0.5, 0.6) is 0 Å². The first-order valence-electron chi connectivity index (χ1n) is 5.01. The predicted octanol–water partition coefficient (Wildman–Crippen LogP) is 3.44. The Morgan fingerprint density at radius 1 is 1.28 bits per heavy atom. The molecule has 7 heteroatoms. The van der Waals surface area contributed by atoms with Crippen molar-refractivity contribution >= 4 is 56.6 Å². The van der Waals surface area contributed by atoms with E-state index in [0.717, 1.165) is 4.47 Å². The first-order valence-corrected chi connectivity index (χ1v) is 6.94. The first-order chi connectivity index (χ1) is 8.21. The molecule has 1 unspecified atom stereocenters. The monoisotopic (exact) mass is 372 g/mol. The van der Waals surface area contributed by atoms with Gasteiger partial charge in [-0.25, -0.2) is 0 Å². The highest BCUT2D eigenvalue weighted by Crippen LogP contribution is 2.31. The third kappa shape index (κ3) is 4.59. The van der Waals surface area contributed by atoms with Gasteiger partial charge in [0.25, 0.3) is 5.91 Å². The summed E-state index contributed by atoms with van der Waals surface area (Å²) in [5.74, 6) is -0.299.